The Kier molecular flexibility index (Phi) is 5.89. The van der Waals surface area contributed by atoms with E-state index in [9.17, 15) is 14.4 Å². The third-order valence-electron chi connectivity index (χ3n) is 4.38. The molecule has 0 spiro atoms. The number of carbonyl (C=O) groups excluding carboxylic acids is 2. The van der Waals surface area contributed by atoms with Crippen LogP contribution in [0.25, 0.3) is 10.9 Å². The van der Waals surface area contributed by atoms with Crippen LogP contribution in [0.3, 0.4) is 0 Å². The fraction of sp³-hybridized carbons (Fsp3) is 0.227. The molecular weight excluding hydrogens is 356 g/mol. The average Bonchev–Trinajstić information content (AvgIpc) is 2.67. The van der Waals surface area contributed by atoms with Crippen molar-refractivity contribution in [1.82, 2.24) is 4.98 Å². The first kappa shape index (κ1) is 19.4. The van der Waals surface area contributed by atoms with Crippen LogP contribution < -0.4 is 10.9 Å². The van der Waals surface area contributed by atoms with Crippen molar-refractivity contribution in [2.24, 2.45) is 0 Å². The monoisotopic (exact) mass is 378 g/mol. The largest absolute Gasteiger partial charge is 0.462 e. The van der Waals surface area contributed by atoms with E-state index in [0.29, 0.717) is 29.8 Å². The molecule has 0 radical (unpaired) electrons. The zero-order valence-electron chi connectivity index (χ0n) is 15.9. The zero-order chi connectivity index (χ0) is 20.1. The number of aryl methyl sites for hydroxylation is 2. The number of pyridine rings is 1. The first-order valence-electron chi connectivity index (χ1n) is 9.16. The molecule has 1 heterocycles. The quantitative estimate of drug-likeness (QED) is 0.642. The van der Waals surface area contributed by atoms with E-state index < -0.39 is 5.97 Å². The molecule has 0 aliphatic carbocycles. The summed E-state index contributed by atoms with van der Waals surface area (Å²) in [7, 11) is 0. The smallest absolute Gasteiger partial charge is 0.338 e. The van der Waals surface area contributed by atoms with Gasteiger partial charge in [-0.2, -0.15) is 0 Å². The zero-order valence-corrected chi connectivity index (χ0v) is 15.9. The second-order valence-electron chi connectivity index (χ2n) is 6.56. The van der Waals surface area contributed by atoms with E-state index in [1.54, 1.807) is 31.2 Å². The number of benzene rings is 2. The molecule has 0 aliphatic rings. The van der Waals surface area contributed by atoms with E-state index in [1.807, 2.05) is 31.2 Å². The number of hydrogen-bond acceptors (Lipinski definition) is 4. The predicted octanol–water partition coefficient (Wildman–Crippen LogP) is 3.58. The molecule has 144 valence electrons. The Hall–Kier alpha value is -3.41. The standard InChI is InChI=1S/C22H22N2O4/c1-3-28-22(27)15-6-9-18(10-7-15)23-20(25)11-8-17-13-16-5-4-14(2)12-19(16)24-21(17)26/h4-7,9-10,12-13H,3,8,11H2,1-2H3,(H,23,25)(H,24,26). The molecule has 28 heavy (non-hydrogen) atoms. The summed E-state index contributed by atoms with van der Waals surface area (Å²) in [5, 5.41) is 3.71. The minimum absolute atomic E-state index is 0.176. The molecule has 1 amide bonds. The summed E-state index contributed by atoms with van der Waals surface area (Å²) < 4.78 is 4.93. The van der Waals surface area contributed by atoms with Crippen LogP contribution in [0.2, 0.25) is 0 Å². The molecule has 6 heteroatoms. The Morgan fingerprint density at radius 1 is 1.07 bits per heavy atom. The number of amides is 1. The number of hydrogen-bond donors (Lipinski definition) is 2. The summed E-state index contributed by atoms with van der Waals surface area (Å²) >= 11 is 0. The highest BCUT2D eigenvalue weighted by Gasteiger charge is 2.09. The molecular formula is C22H22N2O4. The molecule has 0 saturated carbocycles. The van der Waals surface area contributed by atoms with Gasteiger partial charge >= 0.3 is 5.97 Å². The van der Waals surface area contributed by atoms with Gasteiger partial charge in [0.05, 0.1) is 12.2 Å². The molecule has 3 aromatic rings. The molecule has 3 rings (SSSR count). The second kappa shape index (κ2) is 8.52. The van der Waals surface area contributed by atoms with Crippen molar-refractivity contribution in [1.29, 1.82) is 0 Å². The Balaban J connectivity index is 1.62. The Morgan fingerprint density at radius 2 is 1.82 bits per heavy atom. The number of fused-ring (bicyclic) bond motifs is 1. The van der Waals surface area contributed by atoms with Gasteiger partial charge < -0.3 is 15.0 Å². The number of esters is 1. The number of H-pyrrole nitrogens is 1. The molecule has 2 N–H and O–H groups in total. The van der Waals surface area contributed by atoms with Crippen molar-refractivity contribution in [2.75, 3.05) is 11.9 Å². The summed E-state index contributed by atoms with van der Waals surface area (Å²) in [5.41, 5.74) is 3.27. The summed E-state index contributed by atoms with van der Waals surface area (Å²) in [6, 6.07) is 14.2. The lowest BCUT2D eigenvalue weighted by atomic mass is 10.1. The minimum atomic E-state index is -0.397. The highest BCUT2D eigenvalue weighted by molar-refractivity contribution is 5.93. The fourth-order valence-electron chi connectivity index (χ4n) is 2.92. The van der Waals surface area contributed by atoms with Crippen LogP contribution in [0.1, 0.15) is 34.8 Å². The molecule has 0 fully saturated rings. The van der Waals surface area contributed by atoms with Gasteiger partial charge in [-0.3, -0.25) is 9.59 Å². The van der Waals surface area contributed by atoms with Crippen LogP contribution in [0.4, 0.5) is 5.69 Å². The van der Waals surface area contributed by atoms with Gasteiger partial charge in [-0.25, -0.2) is 4.79 Å². The third kappa shape index (κ3) is 4.65. The van der Waals surface area contributed by atoms with E-state index >= 15 is 0 Å². The molecule has 2 aromatic carbocycles. The van der Waals surface area contributed by atoms with Crippen molar-refractivity contribution in [3.05, 3.63) is 75.6 Å². The van der Waals surface area contributed by atoms with Gasteiger partial charge in [0, 0.05) is 23.2 Å². The molecule has 1 aromatic heterocycles. The number of rotatable bonds is 6. The van der Waals surface area contributed by atoms with E-state index in [4.69, 9.17) is 4.74 Å². The van der Waals surface area contributed by atoms with E-state index in [1.165, 1.54) is 0 Å². The summed E-state index contributed by atoms with van der Waals surface area (Å²) in [4.78, 5) is 39.0. The van der Waals surface area contributed by atoms with Crippen LogP contribution in [0.15, 0.2) is 53.3 Å². The van der Waals surface area contributed by atoms with Crippen LogP contribution in [0.5, 0.6) is 0 Å². The van der Waals surface area contributed by atoms with Gasteiger partial charge in [0.1, 0.15) is 0 Å². The lowest BCUT2D eigenvalue weighted by Crippen LogP contribution is -2.17. The highest BCUT2D eigenvalue weighted by atomic mass is 16.5. The first-order chi connectivity index (χ1) is 13.5. The first-order valence-corrected chi connectivity index (χ1v) is 9.16. The Morgan fingerprint density at radius 3 is 2.54 bits per heavy atom. The van der Waals surface area contributed by atoms with Gasteiger partial charge in [-0.15, -0.1) is 0 Å². The summed E-state index contributed by atoms with van der Waals surface area (Å²) in [6.45, 7) is 4.02. The number of nitrogens with one attached hydrogen (secondary N) is 2. The van der Waals surface area contributed by atoms with Crippen LogP contribution in [0, 0.1) is 6.92 Å². The SMILES string of the molecule is CCOC(=O)c1ccc(NC(=O)CCc2cc3ccc(C)cc3[nH]c2=O)cc1. The number of aromatic nitrogens is 1. The maximum atomic E-state index is 12.2. The van der Waals surface area contributed by atoms with Crippen molar-refractivity contribution in [3.63, 3.8) is 0 Å². The van der Waals surface area contributed by atoms with Crippen molar-refractivity contribution in [3.8, 4) is 0 Å². The van der Waals surface area contributed by atoms with Crippen molar-refractivity contribution >= 4 is 28.5 Å². The van der Waals surface area contributed by atoms with Crippen LogP contribution >= 0.6 is 0 Å². The fourth-order valence-corrected chi connectivity index (χ4v) is 2.92. The number of ether oxygens (including phenoxy) is 1. The van der Waals surface area contributed by atoms with Crippen molar-refractivity contribution < 1.29 is 14.3 Å². The molecule has 0 saturated heterocycles. The lowest BCUT2D eigenvalue weighted by molar-refractivity contribution is -0.116. The van der Waals surface area contributed by atoms with Gasteiger partial charge in [-0.1, -0.05) is 12.1 Å². The average molecular weight is 378 g/mol. The normalized spacial score (nSPS) is 10.6. The van der Waals surface area contributed by atoms with Gasteiger partial charge in [0.25, 0.3) is 5.56 Å². The van der Waals surface area contributed by atoms with Crippen LogP contribution in [-0.4, -0.2) is 23.5 Å². The second-order valence-corrected chi connectivity index (χ2v) is 6.56. The molecule has 0 atom stereocenters. The maximum Gasteiger partial charge on any atom is 0.338 e. The third-order valence-corrected chi connectivity index (χ3v) is 4.38. The van der Waals surface area contributed by atoms with Gasteiger partial charge in [0.2, 0.25) is 5.91 Å². The molecule has 0 bridgehead atoms. The van der Waals surface area contributed by atoms with E-state index in [0.717, 1.165) is 16.5 Å². The Bertz CT molecular complexity index is 1070. The van der Waals surface area contributed by atoms with E-state index in [-0.39, 0.29) is 17.9 Å². The van der Waals surface area contributed by atoms with Gasteiger partial charge in [-0.05, 0) is 67.6 Å². The molecule has 0 unspecified atom stereocenters. The lowest BCUT2D eigenvalue weighted by Gasteiger charge is -2.07. The number of anilines is 1. The highest BCUT2D eigenvalue weighted by Crippen LogP contribution is 2.15. The summed E-state index contributed by atoms with van der Waals surface area (Å²) in [6.07, 6.45) is 0.520. The topological polar surface area (TPSA) is 88.3 Å². The Labute approximate surface area is 162 Å². The molecule has 6 nitrogen and oxygen atoms in total. The summed E-state index contributed by atoms with van der Waals surface area (Å²) in [5.74, 6) is -0.599. The molecule has 0 aliphatic heterocycles. The van der Waals surface area contributed by atoms with Crippen molar-refractivity contribution in [2.45, 2.75) is 26.7 Å². The number of aromatic amines is 1. The van der Waals surface area contributed by atoms with Crippen LogP contribution in [-0.2, 0) is 16.0 Å². The van der Waals surface area contributed by atoms with E-state index in [2.05, 4.69) is 10.3 Å². The maximum absolute atomic E-state index is 12.2. The van der Waals surface area contributed by atoms with Gasteiger partial charge in [0.15, 0.2) is 0 Å². The number of carbonyl (C=O) groups is 2. The predicted molar refractivity (Wildman–Crippen MR) is 109 cm³/mol. The minimum Gasteiger partial charge on any atom is -0.462 e.